The first-order valence-corrected chi connectivity index (χ1v) is 14.8. The molecule has 41 heavy (non-hydrogen) atoms. The molecule has 0 spiro atoms. The summed E-state index contributed by atoms with van der Waals surface area (Å²) in [4.78, 5) is 42.9. The van der Waals surface area contributed by atoms with E-state index in [-0.39, 0.29) is 30.0 Å². The van der Waals surface area contributed by atoms with Crippen molar-refractivity contribution < 1.29 is 24.2 Å². The van der Waals surface area contributed by atoms with E-state index in [9.17, 15) is 19.5 Å². The van der Waals surface area contributed by atoms with Crippen LogP contribution in [0.25, 0.3) is 0 Å². The molecule has 3 unspecified atom stereocenters. The van der Waals surface area contributed by atoms with E-state index in [4.69, 9.17) is 4.74 Å². The van der Waals surface area contributed by atoms with Gasteiger partial charge in [0.05, 0.1) is 0 Å². The van der Waals surface area contributed by atoms with Gasteiger partial charge in [0.2, 0.25) is 11.8 Å². The third-order valence-electron chi connectivity index (χ3n) is 6.76. The molecule has 2 rings (SSSR count). The molecule has 0 saturated heterocycles. The van der Waals surface area contributed by atoms with Crippen molar-refractivity contribution in [2.45, 2.75) is 111 Å². The molecular weight excluding hydrogens is 518 g/mol. The Hall–Kier alpha value is -3.55. The SMILES string of the molecule is CCCCCN(C(=O)C(Cc1ccccc1)NC(=O)OC(C)(C)C)C(C(=O)NC(C)CCC)c1ccc(O)c(C)c1. The predicted molar refractivity (Wildman–Crippen MR) is 163 cm³/mol. The van der Waals surface area contributed by atoms with Gasteiger partial charge in [-0.25, -0.2) is 4.79 Å². The van der Waals surface area contributed by atoms with E-state index < -0.39 is 23.8 Å². The molecule has 0 heterocycles. The number of ether oxygens (including phenoxy) is 1. The highest BCUT2D eigenvalue weighted by molar-refractivity contribution is 5.92. The topological polar surface area (TPSA) is 108 Å². The quantitative estimate of drug-likeness (QED) is 0.236. The zero-order chi connectivity index (χ0) is 30.6. The van der Waals surface area contributed by atoms with Gasteiger partial charge in [-0.05, 0) is 76.3 Å². The van der Waals surface area contributed by atoms with Crippen LogP contribution in [-0.4, -0.2) is 52.1 Å². The highest BCUT2D eigenvalue weighted by atomic mass is 16.6. The molecule has 2 aromatic rings. The summed E-state index contributed by atoms with van der Waals surface area (Å²) in [5.41, 5.74) is 1.33. The van der Waals surface area contributed by atoms with E-state index in [0.29, 0.717) is 24.1 Å². The number of amides is 3. The number of nitrogens with one attached hydrogen (secondary N) is 2. The Morgan fingerprint density at radius 2 is 1.66 bits per heavy atom. The molecular formula is C33H49N3O5. The minimum Gasteiger partial charge on any atom is -0.508 e. The van der Waals surface area contributed by atoms with E-state index in [1.165, 1.54) is 0 Å². The van der Waals surface area contributed by atoms with Gasteiger partial charge in [-0.2, -0.15) is 0 Å². The molecule has 0 aliphatic carbocycles. The van der Waals surface area contributed by atoms with Crippen molar-refractivity contribution in [3.05, 3.63) is 65.2 Å². The summed E-state index contributed by atoms with van der Waals surface area (Å²) in [6.07, 6.45) is 3.75. The Kier molecular flexibility index (Phi) is 13.2. The van der Waals surface area contributed by atoms with Crippen LogP contribution in [-0.2, 0) is 20.7 Å². The normalized spacial score (nSPS) is 13.5. The number of rotatable bonds is 14. The summed E-state index contributed by atoms with van der Waals surface area (Å²) in [5, 5.41) is 16.1. The lowest BCUT2D eigenvalue weighted by atomic mass is 9.98. The third-order valence-corrected chi connectivity index (χ3v) is 6.76. The molecule has 0 bridgehead atoms. The Morgan fingerprint density at radius 1 is 0.976 bits per heavy atom. The van der Waals surface area contributed by atoms with Crippen LogP contribution in [0.4, 0.5) is 4.79 Å². The molecule has 0 aliphatic heterocycles. The molecule has 226 valence electrons. The zero-order valence-corrected chi connectivity index (χ0v) is 25.8. The molecule has 2 aromatic carbocycles. The van der Waals surface area contributed by atoms with Gasteiger partial charge >= 0.3 is 6.09 Å². The monoisotopic (exact) mass is 567 g/mol. The Bertz CT molecular complexity index is 1130. The fourth-order valence-electron chi connectivity index (χ4n) is 4.75. The van der Waals surface area contributed by atoms with Crippen LogP contribution in [0.1, 0.15) is 96.4 Å². The first-order chi connectivity index (χ1) is 19.4. The largest absolute Gasteiger partial charge is 0.508 e. The first kappa shape index (κ1) is 33.7. The number of nitrogens with zero attached hydrogens (tertiary/aromatic N) is 1. The molecule has 0 aromatic heterocycles. The Labute approximate surface area is 245 Å². The second-order valence-electron chi connectivity index (χ2n) is 11.8. The summed E-state index contributed by atoms with van der Waals surface area (Å²) < 4.78 is 5.51. The molecule has 3 amide bonds. The lowest BCUT2D eigenvalue weighted by Crippen LogP contribution is -2.54. The van der Waals surface area contributed by atoms with E-state index in [0.717, 1.165) is 31.2 Å². The average Bonchev–Trinajstić information content (AvgIpc) is 2.89. The van der Waals surface area contributed by atoms with Crippen molar-refractivity contribution in [1.82, 2.24) is 15.5 Å². The lowest BCUT2D eigenvalue weighted by molar-refractivity contribution is -0.142. The van der Waals surface area contributed by atoms with Crippen molar-refractivity contribution in [2.75, 3.05) is 6.54 Å². The maximum Gasteiger partial charge on any atom is 0.408 e. The van der Waals surface area contributed by atoms with E-state index in [1.807, 2.05) is 37.3 Å². The smallest absolute Gasteiger partial charge is 0.408 e. The van der Waals surface area contributed by atoms with Gasteiger partial charge in [0.1, 0.15) is 23.4 Å². The number of benzene rings is 2. The van der Waals surface area contributed by atoms with Gasteiger partial charge in [-0.15, -0.1) is 0 Å². The van der Waals surface area contributed by atoms with Crippen molar-refractivity contribution in [2.24, 2.45) is 0 Å². The highest BCUT2D eigenvalue weighted by Crippen LogP contribution is 2.28. The van der Waals surface area contributed by atoms with E-state index >= 15 is 0 Å². The molecule has 8 heteroatoms. The number of carbonyl (C=O) groups excluding carboxylic acids is 3. The van der Waals surface area contributed by atoms with Crippen molar-refractivity contribution in [3.8, 4) is 5.75 Å². The van der Waals surface area contributed by atoms with Crippen LogP contribution < -0.4 is 10.6 Å². The summed E-state index contributed by atoms with van der Waals surface area (Å²) in [6.45, 7) is 13.5. The van der Waals surface area contributed by atoms with Crippen molar-refractivity contribution in [3.63, 3.8) is 0 Å². The Morgan fingerprint density at radius 3 is 2.24 bits per heavy atom. The van der Waals surface area contributed by atoms with Gasteiger partial charge in [0.25, 0.3) is 0 Å². The van der Waals surface area contributed by atoms with Gasteiger partial charge in [0.15, 0.2) is 0 Å². The van der Waals surface area contributed by atoms with E-state index in [1.54, 1.807) is 50.8 Å². The molecule has 3 atom stereocenters. The van der Waals surface area contributed by atoms with Gasteiger partial charge < -0.3 is 25.4 Å². The number of carbonyl (C=O) groups is 3. The highest BCUT2D eigenvalue weighted by Gasteiger charge is 2.36. The van der Waals surface area contributed by atoms with Crippen LogP contribution in [0.5, 0.6) is 5.75 Å². The van der Waals surface area contributed by atoms with E-state index in [2.05, 4.69) is 24.5 Å². The number of hydrogen-bond donors (Lipinski definition) is 3. The van der Waals surface area contributed by atoms with Crippen LogP contribution >= 0.6 is 0 Å². The van der Waals surface area contributed by atoms with Crippen LogP contribution in [0.15, 0.2) is 48.5 Å². The average molecular weight is 568 g/mol. The van der Waals surface area contributed by atoms with Crippen molar-refractivity contribution >= 4 is 17.9 Å². The minimum absolute atomic E-state index is 0.0826. The molecule has 0 saturated carbocycles. The molecule has 0 radical (unpaired) electrons. The fourth-order valence-corrected chi connectivity index (χ4v) is 4.75. The van der Waals surface area contributed by atoms with Gasteiger partial charge in [0, 0.05) is 19.0 Å². The second-order valence-corrected chi connectivity index (χ2v) is 11.8. The molecule has 0 aliphatic rings. The van der Waals surface area contributed by atoms with Crippen LogP contribution in [0.3, 0.4) is 0 Å². The summed E-state index contributed by atoms with van der Waals surface area (Å²) in [6, 6.07) is 12.5. The number of alkyl carbamates (subject to hydrolysis) is 1. The number of unbranched alkanes of at least 4 members (excludes halogenated alkanes) is 2. The van der Waals surface area contributed by atoms with Gasteiger partial charge in [-0.3, -0.25) is 9.59 Å². The Balaban J connectivity index is 2.58. The molecule has 3 N–H and O–H groups in total. The summed E-state index contributed by atoms with van der Waals surface area (Å²) >= 11 is 0. The number of aromatic hydroxyl groups is 1. The lowest BCUT2D eigenvalue weighted by Gasteiger charge is -2.35. The zero-order valence-electron chi connectivity index (χ0n) is 25.8. The summed E-state index contributed by atoms with van der Waals surface area (Å²) in [5.74, 6) is -0.550. The maximum atomic E-state index is 14.5. The number of hydrogen-bond acceptors (Lipinski definition) is 5. The van der Waals surface area contributed by atoms with Crippen molar-refractivity contribution in [1.29, 1.82) is 0 Å². The number of phenols is 1. The minimum atomic E-state index is -0.963. The first-order valence-electron chi connectivity index (χ1n) is 14.8. The van der Waals surface area contributed by atoms with Gasteiger partial charge in [-0.1, -0.05) is 69.5 Å². The second kappa shape index (κ2) is 16.0. The predicted octanol–water partition coefficient (Wildman–Crippen LogP) is 6.20. The maximum absolute atomic E-state index is 14.5. The van der Waals surface area contributed by atoms with Crippen LogP contribution in [0.2, 0.25) is 0 Å². The molecule has 8 nitrogen and oxygen atoms in total. The standard InChI is InChI=1S/C33H49N3O5/c1-8-10-14-20-36(29(30(38)34-24(4)15-9-2)26-18-19-28(37)23(3)21-26)31(39)27(22-25-16-12-11-13-17-25)35-32(40)41-33(5,6)7/h11-13,16-19,21,24,27,29,37H,8-10,14-15,20,22H2,1-7H3,(H,34,38)(H,35,40). The fraction of sp³-hybridized carbons (Fsp3) is 0.545. The number of phenolic OH excluding ortho intramolecular Hbond substituents is 1. The van der Waals surface area contributed by atoms with Crippen LogP contribution in [0, 0.1) is 6.92 Å². The number of aryl methyl sites for hydroxylation is 1. The molecule has 0 fully saturated rings. The third kappa shape index (κ3) is 11.1. The summed E-state index contributed by atoms with van der Waals surface area (Å²) in [7, 11) is 0.